The van der Waals surface area contributed by atoms with E-state index in [-0.39, 0.29) is 5.52 Å². The summed E-state index contributed by atoms with van der Waals surface area (Å²) < 4.78 is 39.6. The van der Waals surface area contributed by atoms with Crippen molar-refractivity contribution in [1.29, 1.82) is 0 Å². The lowest BCUT2D eigenvalue weighted by atomic mass is 10.1. The Balaban J connectivity index is 3.00. The smallest absolute Gasteiger partial charge is 0.192 e. The molecule has 0 aliphatic heterocycles. The molecule has 2 rings (SSSR count). The highest BCUT2D eigenvalue weighted by Crippen LogP contribution is 2.19. The minimum Gasteiger partial charge on any atom is -0.356 e. The average molecular weight is 227 g/mol. The van der Waals surface area contributed by atoms with Crippen molar-refractivity contribution in [3.8, 4) is 0 Å². The van der Waals surface area contributed by atoms with Gasteiger partial charge in [0.15, 0.2) is 22.9 Å². The summed E-state index contributed by atoms with van der Waals surface area (Å²) in [5, 5.41) is -0.574. The molecule has 0 fully saturated rings. The molecule has 84 valence electrons. The Morgan fingerprint density at radius 1 is 1.19 bits per heavy atom. The molecule has 2 aromatic rings. The van der Waals surface area contributed by atoms with Crippen molar-refractivity contribution in [2.45, 2.75) is 13.3 Å². The first-order chi connectivity index (χ1) is 7.54. The van der Waals surface area contributed by atoms with Crippen molar-refractivity contribution in [2.24, 2.45) is 0 Å². The summed E-state index contributed by atoms with van der Waals surface area (Å²) in [6.45, 7) is 1.76. The first-order valence-electron chi connectivity index (χ1n) is 4.74. The van der Waals surface area contributed by atoms with Gasteiger partial charge in [-0.2, -0.15) is 0 Å². The predicted molar refractivity (Wildman–Crippen MR) is 53.8 cm³/mol. The van der Waals surface area contributed by atoms with Crippen LogP contribution in [0.1, 0.15) is 12.6 Å². The molecule has 1 aromatic heterocycles. The molecule has 0 saturated heterocycles. The Morgan fingerprint density at radius 2 is 1.88 bits per heavy atom. The highest BCUT2D eigenvalue weighted by atomic mass is 19.2. The number of aromatic amines is 1. The number of pyridine rings is 1. The lowest BCUT2D eigenvalue weighted by molar-refractivity contribution is 0.504. The predicted octanol–water partition coefficient (Wildman–Crippen LogP) is 2.51. The van der Waals surface area contributed by atoms with Crippen molar-refractivity contribution in [2.75, 3.05) is 0 Å². The van der Waals surface area contributed by atoms with Crippen molar-refractivity contribution in [1.82, 2.24) is 4.98 Å². The molecule has 0 saturated carbocycles. The van der Waals surface area contributed by atoms with Gasteiger partial charge in [0, 0.05) is 17.8 Å². The zero-order valence-corrected chi connectivity index (χ0v) is 8.40. The molecule has 1 heterocycles. The number of nitrogens with one attached hydrogen (secondary N) is 1. The van der Waals surface area contributed by atoms with Gasteiger partial charge in [0.2, 0.25) is 0 Å². The molecule has 0 atom stereocenters. The van der Waals surface area contributed by atoms with Gasteiger partial charge in [-0.3, -0.25) is 4.79 Å². The molecule has 5 heteroatoms. The van der Waals surface area contributed by atoms with Gasteiger partial charge in [-0.1, -0.05) is 6.92 Å². The van der Waals surface area contributed by atoms with Crippen LogP contribution < -0.4 is 5.43 Å². The van der Waals surface area contributed by atoms with Crippen LogP contribution in [0.25, 0.3) is 10.9 Å². The van der Waals surface area contributed by atoms with Gasteiger partial charge in [0.25, 0.3) is 0 Å². The maximum absolute atomic E-state index is 13.3. The van der Waals surface area contributed by atoms with Gasteiger partial charge in [0.05, 0.1) is 10.9 Å². The second kappa shape index (κ2) is 3.66. The van der Waals surface area contributed by atoms with E-state index >= 15 is 0 Å². The quantitative estimate of drug-likeness (QED) is 0.746. The van der Waals surface area contributed by atoms with Gasteiger partial charge < -0.3 is 4.98 Å². The Kier molecular flexibility index (Phi) is 2.46. The molecular formula is C11H8F3NO. The largest absolute Gasteiger partial charge is 0.356 e. The number of aryl methyl sites for hydroxylation is 1. The standard InChI is InChI=1S/C11H8F3NO/c1-2-5-3-8(16)9-10(14)6(12)4-7(13)11(9)15-5/h3-4H,2H2,1H3,(H,15,16). The van der Waals surface area contributed by atoms with Gasteiger partial charge in [-0.15, -0.1) is 0 Å². The van der Waals surface area contributed by atoms with E-state index in [2.05, 4.69) is 4.98 Å². The van der Waals surface area contributed by atoms with E-state index in [4.69, 9.17) is 0 Å². The highest BCUT2D eigenvalue weighted by Gasteiger charge is 2.15. The van der Waals surface area contributed by atoms with E-state index < -0.39 is 28.3 Å². The van der Waals surface area contributed by atoms with E-state index in [1.54, 1.807) is 6.92 Å². The fourth-order valence-electron chi connectivity index (χ4n) is 1.57. The SMILES string of the molecule is CCc1cc(=O)c2c(F)c(F)cc(F)c2[nH]1. The molecular weight excluding hydrogens is 219 g/mol. The summed E-state index contributed by atoms with van der Waals surface area (Å²) in [6, 6.07) is 1.57. The van der Waals surface area contributed by atoms with E-state index in [0.717, 1.165) is 6.07 Å². The number of H-pyrrole nitrogens is 1. The number of rotatable bonds is 1. The molecule has 0 unspecified atom stereocenters. The lowest BCUT2D eigenvalue weighted by Crippen LogP contribution is -2.09. The third-order valence-corrected chi connectivity index (χ3v) is 2.39. The van der Waals surface area contributed by atoms with Gasteiger partial charge in [-0.05, 0) is 6.42 Å². The van der Waals surface area contributed by atoms with Crippen LogP contribution in [0.5, 0.6) is 0 Å². The fourth-order valence-corrected chi connectivity index (χ4v) is 1.57. The van der Waals surface area contributed by atoms with Crippen LogP contribution in [0.15, 0.2) is 16.9 Å². The van der Waals surface area contributed by atoms with Gasteiger partial charge in [0.1, 0.15) is 0 Å². The first kappa shape index (κ1) is 10.7. The summed E-state index contributed by atoms with van der Waals surface area (Å²) in [4.78, 5) is 14.1. The summed E-state index contributed by atoms with van der Waals surface area (Å²) in [5.74, 6) is -3.65. The van der Waals surface area contributed by atoms with E-state index in [9.17, 15) is 18.0 Å². The Morgan fingerprint density at radius 3 is 2.50 bits per heavy atom. The van der Waals surface area contributed by atoms with E-state index in [1.165, 1.54) is 0 Å². The van der Waals surface area contributed by atoms with Crippen LogP contribution in [0.4, 0.5) is 13.2 Å². The number of hydrogen-bond donors (Lipinski definition) is 1. The molecule has 0 radical (unpaired) electrons. The van der Waals surface area contributed by atoms with E-state index in [1.807, 2.05) is 0 Å². The second-order valence-corrected chi connectivity index (χ2v) is 3.42. The molecule has 2 nitrogen and oxygen atoms in total. The normalized spacial score (nSPS) is 11.0. The second-order valence-electron chi connectivity index (χ2n) is 3.42. The molecule has 0 bridgehead atoms. The molecule has 0 spiro atoms. The third kappa shape index (κ3) is 1.48. The zero-order valence-electron chi connectivity index (χ0n) is 8.40. The summed E-state index contributed by atoms with van der Waals surface area (Å²) in [7, 11) is 0. The maximum Gasteiger partial charge on any atom is 0.192 e. The molecule has 0 aliphatic rings. The monoisotopic (exact) mass is 227 g/mol. The number of aromatic nitrogens is 1. The molecule has 0 aliphatic carbocycles. The molecule has 16 heavy (non-hydrogen) atoms. The summed E-state index contributed by atoms with van der Waals surface area (Å²) in [6.07, 6.45) is 0.476. The van der Waals surface area contributed by atoms with Crippen LogP contribution in [-0.2, 0) is 6.42 Å². The summed E-state index contributed by atoms with van der Waals surface area (Å²) in [5.41, 5.74) is -0.535. The highest BCUT2D eigenvalue weighted by molar-refractivity contribution is 5.79. The number of fused-ring (bicyclic) bond motifs is 1. The van der Waals surface area contributed by atoms with Crippen molar-refractivity contribution >= 4 is 10.9 Å². The number of hydrogen-bond acceptors (Lipinski definition) is 1. The van der Waals surface area contributed by atoms with Crippen LogP contribution >= 0.6 is 0 Å². The Labute approximate surface area is 88.7 Å². The van der Waals surface area contributed by atoms with Crippen molar-refractivity contribution in [3.05, 3.63) is 45.5 Å². The van der Waals surface area contributed by atoms with Crippen LogP contribution in [0, 0.1) is 17.5 Å². The fraction of sp³-hybridized carbons (Fsp3) is 0.182. The minimum absolute atomic E-state index is 0.289. The van der Waals surface area contributed by atoms with Crippen LogP contribution in [-0.4, -0.2) is 4.98 Å². The van der Waals surface area contributed by atoms with Gasteiger partial charge in [-0.25, -0.2) is 13.2 Å². The van der Waals surface area contributed by atoms with E-state index in [0.29, 0.717) is 18.2 Å². The number of halogens is 3. The molecule has 1 aromatic carbocycles. The minimum atomic E-state index is -1.36. The molecule has 0 amide bonds. The van der Waals surface area contributed by atoms with Crippen molar-refractivity contribution in [3.63, 3.8) is 0 Å². The molecule has 1 N–H and O–H groups in total. The first-order valence-corrected chi connectivity index (χ1v) is 4.74. The zero-order chi connectivity index (χ0) is 11.9. The Hall–Kier alpha value is -1.78. The maximum atomic E-state index is 13.3. The number of benzene rings is 1. The van der Waals surface area contributed by atoms with Crippen LogP contribution in [0.2, 0.25) is 0 Å². The van der Waals surface area contributed by atoms with Crippen LogP contribution in [0.3, 0.4) is 0 Å². The lowest BCUT2D eigenvalue weighted by Gasteiger charge is -2.04. The summed E-state index contributed by atoms with van der Waals surface area (Å²) >= 11 is 0. The topological polar surface area (TPSA) is 32.9 Å². The Bertz CT molecular complexity index is 619. The third-order valence-electron chi connectivity index (χ3n) is 2.39. The van der Waals surface area contributed by atoms with Crippen molar-refractivity contribution < 1.29 is 13.2 Å². The average Bonchev–Trinajstić information content (AvgIpc) is 2.25. The van der Waals surface area contributed by atoms with Gasteiger partial charge >= 0.3 is 0 Å².